The van der Waals surface area contributed by atoms with Crippen LogP contribution in [-0.2, 0) is 4.79 Å². The highest BCUT2D eigenvalue weighted by Crippen LogP contribution is 2.38. The summed E-state index contributed by atoms with van der Waals surface area (Å²) in [6.45, 7) is 0.241. The Kier molecular flexibility index (Phi) is 6.12. The summed E-state index contributed by atoms with van der Waals surface area (Å²) in [5.41, 5.74) is 1.46. The van der Waals surface area contributed by atoms with Crippen molar-refractivity contribution in [2.45, 2.75) is 37.8 Å². The zero-order valence-corrected chi connectivity index (χ0v) is 18.0. The fourth-order valence-electron chi connectivity index (χ4n) is 3.77. The first kappa shape index (κ1) is 23.1. The smallest absolute Gasteiger partial charge is 0.405 e. The van der Waals surface area contributed by atoms with Crippen molar-refractivity contribution in [3.05, 3.63) is 30.0 Å². The van der Waals surface area contributed by atoms with Gasteiger partial charge in [0.2, 0.25) is 5.95 Å². The average Bonchev–Trinajstić information content (AvgIpc) is 3.28. The van der Waals surface area contributed by atoms with Crippen LogP contribution >= 0.6 is 11.3 Å². The third-order valence-corrected chi connectivity index (χ3v) is 6.42. The van der Waals surface area contributed by atoms with Gasteiger partial charge in [0, 0.05) is 0 Å². The topological polar surface area (TPSA) is 140 Å². The third kappa shape index (κ3) is 4.84. The van der Waals surface area contributed by atoms with Gasteiger partial charge in [0.1, 0.15) is 23.5 Å². The number of thiazole rings is 1. The number of para-hydroxylation sites is 1. The molecule has 4 unspecified atom stereocenters. The SMILES string of the molecule is Cc1nc(NCC(F)(F)F)nc(NC2CC(C(=O)O)C(O)C2O)c1-c1nc2ccccc2s1. The molecule has 0 amide bonds. The summed E-state index contributed by atoms with van der Waals surface area (Å²) in [6, 6.07) is 6.44. The van der Waals surface area contributed by atoms with E-state index in [-0.39, 0.29) is 18.2 Å². The summed E-state index contributed by atoms with van der Waals surface area (Å²) in [6.07, 6.45) is -7.52. The number of halogens is 3. The normalized spacial score (nSPS) is 23.1. The molecule has 3 aromatic rings. The van der Waals surface area contributed by atoms with E-state index in [0.29, 0.717) is 21.8 Å². The van der Waals surface area contributed by atoms with Crippen molar-refractivity contribution in [2.75, 3.05) is 17.2 Å². The van der Waals surface area contributed by atoms with Crippen LogP contribution in [0.5, 0.6) is 0 Å². The number of benzene rings is 1. The first-order valence-corrected chi connectivity index (χ1v) is 10.8. The van der Waals surface area contributed by atoms with Crippen LogP contribution in [0.1, 0.15) is 12.1 Å². The maximum absolute atomic E-state index is 12.7. The lowest BCUT2D eigenvalue weighted by molar-refractivity contribution is -0.145. The molecule has 0 aliphatic heterocycles. The van der Waals surface area contributed by atoms with Crippen molar-refractivity contribution in [1.29, 1.82) is 0 Å². The predicted octanol–water partition coefficient (Wildman–Crippen LogP) is 2.64. The summed E-state index contributed by atoms with van der Waals surface area (Å²) in [4.78, 5) is 24.2. The summed E-state index contributed by atoms with van der Waals surface area (Å²) < 4.78 is 38.9. The second-order valence-electron chi connectivity index (χ2n) is 7.72. The Morgan fingerprint density at radius 3 is 2.55 bits per heavy atom. The Bertz CT molecular complexity index is 1160. The number of aromatic nitrogens is 3. The van der Waals surface area contributed by atoms with Gasteiger partial charge in [-0.2, -0.15) is 18.2 Å². The second kappa shape index (κ2) is 8.72. The van der Waals surface area contributed by atoms with Crippen LogP contribution in [0.15, 0.2) is 24.3 Å². The number of carbonyl (C=O) groups is 1. The van der Waals surface area contributed by atoms with Crippen molar-refractivity contribution >= 4 is 39.3 Å². The van der Waals surface area contributed by atoms with E-state index in [2.05, 4.69) is 25.6 Å². The number of aryl methyl sites for hydroxylation is 1. The maximum Gasteiger partial charge on any atom is 0.405 e. The number of aliphatic carboxylic acids is 1. The van der Waals surface area contributed by atoms with Gasteiger partial charge >= 0.3 is 12.1 Å². The Morgan fingerprint density at radius 2 is 1.91 bits per heavy atom. The van der Waals surface area contributed by atoms with Crippen LogP contribution in [0.25, 0.3) is 20.8 Å². The number of rotatable bonds is 6. The van der Waals surface area contributed by atoms with Crippen LogP contribution in [0.2, 0.25) is 0 Å². The standard InChI is InChI=1S/C20H20F3N5O4S/c1-8-13(17-27-10-4-2-3-5-12(10)33-17)16(28-19(25-8)24-7-20(21,22)23)26-11-6-9(18(31)32)14(29)15(11)30/h2-5,9,11,14-15,29-30H,6-7H2,1H3,(H,31,32)(H2,24,25,26,28). The van der Waals surface area contributed by atoms with E-state index in [1.165, 1.54) is 11.3 Å². The summed E-state index contributed by atoms with van der Waals surface area (Å²) >= 11 is 1.33. The van der Waals surface area contributed by atoms with E-state index in [4.69, 9.17) is 0 Å². The molecule has 1 aromatic carbocycles. The highest BCUT2D eigenvalue weighted by atomic mass is 32.1. The van der Waals surface area contributed by atoms with Gasteiger partial charge in [0.05, 0.1) is 39.5 Å². The van der Waals surface area contributed by atoms with Crippen molar-refractivity contribution in [2.24, 2.45) is 5.92 Å². The van der Waals surface area contributed by atoms with Crippen LogP contribution in [-0.4, -0.2) is 67.2 Å². The molecule has 5 N–H and O–H groups in total. The predicted molar refractivity (Wildman–Crippen MR) is 115 cm³/mol. The van der Waals surface area contributed by atoms with E-state index in [0.717, 1.165) is 4.70 Å². The molecule has 2 aromatic heterocycles. The average molecular weight is 483 g/mol. The molecule has 4 atom stereocenters. The van der Waals surface area contributed by atoms with Gasteiger partial charge in [0.25, 0.3) is 0 Å². The molecular formula is C20H20F3N5O4S. The number of nitrogens with zero attached hydrogens (tertiary/aromatic N) is 3. The number of alkyl halides is 3. The second-order valence-corrected chi connectivity index (χ2v) is 8.75. The molecule has 176 valence electrons. The molecule has 0 spiro atoms. The van der Waals surface area contributed by atoms with E-state index < -0.39 is 42.9 Å². The van der Waals surface area contributed by atoms with Crippen LogP contribution in [0, 0.1) is 12.8 Å². The minimum absolute atomic E-state index is 0.0773. The number of hydrogen-bond acceptors (Lipinski definition) is 9. The fraction of sp³-hybridized carbons (Fsp3) is 0.400. The number of carboxylic acids is 1. The Labute approximate surface area is 189 Å². The lowest BCUT2D eigenvalue weighted by Gasteiger charge is -2.21. The van der Waals surface area contributed by atoms with Gasteiger partial charge in [-0.25, -0.2) is 9.97 Å². The van der Waals surface area contributed by atoms with Crippen LogP contribution in [0.4, 0.5) is 24.9 Å². The van der Waals surface area contributed by atoms with E-state index >= 15 is 0 Å². The summed E-state index contributed by atoms with van der Waals surface area (Å²) in [7, 11) is 0. The number of hydrogen-bond donors (Lipinski definition) is 5. The van der Waals surface area contributed by atoms with Crippen molar-refractivity contribution < 1.29 is 33.3 Å². The summed E-state index contributed by atoms with van der Waals surface area (Å²) in [5, 5.41) is 35.3. The first-order valence-electron chi connectivity index (χ1n) is 9.94. The van der Waals surface area contributed by atoms with Gasteiger partial charge in [-0.1, -0.05) is 12.1 Å². The number of nitrogens with one attached hydrogen (secondary N) is 2. The van der Waals surface area contributed by atoms with Crippen LogP contribution < -0.4 is 10.6 Å². The van der Waals surface area contributed by atoms with E-state index in [9.17, 15) is 33.3 Å². The molecule has 4 rings (SSSR count). The largest absolute Gasteiger partial charge is 0.481 e. The number of aliphatic hydroxyl groups is 2. The van der Waals surface area contributed by atoms with E-state index in [1.54, 1.807) is 6.92 Å². The highest BCUT2D eigenvalue weighted by Gasteiger charge is 2.45. The maximum atomic E-state index is 12.7. The Morgan fingerprint density at radius 1 is 1.18 bits per heavy atom. The van der Waals surface area contributed by atoms with Gasteiger partial charge < -0.3 is 26.0 Å². The Balaban J connectivity index is 1.74. The summed E-state index contributed by atoms with van der Waals surface area (Å²) in [5.74, 6) is -2.67. The monoisotopic (exact) mass is 483 g/mol. The van der Waals surface area contributed by atoms with Crippen molar-refractivity contribution in [3.8, 4) is 10.6 Å². The lowest BCUT2D eigenvalue weighted by Crippen LogP contribution is -2.36. The molecule has 33 heavy (non-hydrogen) atoms. The molecule has 1 saturated carbocycles. The fourth-order valence-corrected chi connectivity index (χ4v) is 4.83. The zero-order chi connectivity index (χ0) is 23.9. The minimum atomic E-state index is -4.49. The quantitative estimate of drug-likeness (QED) is 0.358. The molecule has 0 bridgehead atoms. The minimum Gasteiger partial charge on any atom is -0.481 e. The highest BCUT2D eigenvalue weighted by molar-refractivity contribution is 7.21. The van der Waals surface area contributed by atoms with Gasteiger partial charge in [-0.15, -0.1) is 11.3 Å². The van der Waals surface area contributed by atoms with Gasteiger partial charge in [0.15, 0.2) is 0 Å². The molecule has 9 nitrogen and oxygen atoms in total. The molecule has 1 fully saturated rings. The molecule has 13 heteroatoms. The lowest BCUT2D eigenvalue weighted by atomic mass is 10.1. The number of carboxylic acid groups (broad SMARTS) is 1. The van der Waals surface area contributed by atoms with Crippen LogP contribution in [0.3, 0.4) is 0 Å². The van der Waals surface area contributed by atoms with Crippen molar-refractivity contribution in [3.63, 3.8) is 0 Å². The first-order chi connectivity index (χ1) is 15.5. The molecule has 0 saturated heterocycles. The Hall–Kier alpha value is -3.03. The number of anilines is 2. The molecule has 2 heterocycles. The molecule has 0 radical (unpaired) electrons. The zero-order valence-electron chi connectivity index (χ0n) is 17.2. The van der Waals surface area contributed by atoms with E-state index in [1.807, 2.05) is 24.3 Å². The number of fused-ring (bicyclic) bond motifs is 1. The molecular weight excluding hydrogens is 463 g/mol. The molecule has 1 aliphatic rings. The van der Waals surface area contributed by atoms with Gasteiger partial charge in [-0.3, -0.25) is 4.79 Å². The van der Waals surface area contributed by atoms with Crippen molar-refractivity contribution in [1.82, 2.24) is 15.0 Å². The third-order valence-electron chi connectivity index (χ3n) is 5.37. The number of aliphatic hydroxyl groups excluding tert-OH is 2. The van der Waals surface area contributed by atoms with Gasteiger partial charge in [-0.05, 0) is 25.5 Å². The molecule has 1 aliphatic carbocycles.